The van der Waals surface area contributed by atoms with Gasteiger partial charge in [0, 0.05) is 17.4 Å². The molecule has 0 heterocycles. The Hall–Kier alpha value is -2.01. The van der Waals surface area contributed by atoms with Crippen LogP contribution in [0.1, 0.15) is 16.4 Å². The third kappa shape index (κ3) is 3.48. The Balaban J connectivity index is 2.08. The second-order valence-electron chi connectivity index (χ2n) is 4.24. The SMILES string of the molecule is O=[N+]([O-])c1ccc(CC(S)c2ccc(O)cc2)cc1. The molecule has 0 aromatic heterocycles. The first kappa shape index (κ1) is 13.4. The largest absolute Gasteiger partial charge is 0.508 e. The first-order valence-corrected chi connectivity index (χ1v) is 6.28. The molecule has 0 saturated carbocycles. The fourth-order valence-electron chi connectivity index (χ4n) is 1.79. The van der Waals surface area contributed by atoms with Gasteiger partial charge in [-0.3, -0.25) is 10.1 Å². The normalized spacial score (nSPS) is 12.1. The Bertz CT molecular complexity index is 566. The van der Waals surface area contributed by atoms with Crippen LogP contribution in [-0.2, 0) is 6.42 Å². The molecule has 2 aromatic carbocycles. The van der Waals surface area contributed by atoms with E-state index in [1.54, 1.807) is 24.3 Å². The van der Waals surface area contributed by atoms with Crippen LogP contribution in [0.3, 0.4) is 0 Å². The Kier molecular flexibility index (Phi) is 4.06. The standard InChI is InChI=1S/C14H13NO3S/c16-13-7-3-11(4-8-13)14(19)9-10-1-5-12(6-2-10)15(17)18/h1-8,14,16,19H,9H2. The first-order chi connectivity index (χ1) is 9.06. The highest BCUT2D eigenvalue weighted by Crippen LogP contribution is 2.26. The molecule has 0 aliphatic carbocycles. The van der Waals surface area contributed by atoms with E-state index < -0.39 is 4.92 Å². The van der Waals surface area contributed by atoms with Crippen LogP contribution in [0, 0.1) is 10.1 Å². The number of rotatable bonds is 4. The van der Waals surface area contributed by atoms with Crippen LogP contribution in [-0.4, -0.2) is 10.0 Å². The third-order valence-corrected chi connectivity index (χ3v) is 3.33. The van der Waals surface area contributed by atoms with Crippen molar-refractivity contribution < 1.29 is 10.0 Å². The maximum absolute atomic E-state index is 10.6. The van der Waals surface area contributed by atoms with Crippen molar-refractivity contribution in [2.75, 3.05) is 0 Å². The van der Waals surface area contributed by atoms with E-state index in [2.05, 4.69) is 12.6 Å². The molecule has 0 aliphatic rings. The van der Waals surface area contributed by atoms with E-state index in [1.165, 1.54) is 12.1 Å². The van der Waals surface area contributed by atoms with Crippen molar-refractivity contribution in [2.45, 2.75) is 11.7 Å². The van der Waals surface area contributed by atoms with Crippen LogP contribution >= 0.6 is 12.6 Å². The minimum atomic E-state index is -0.415. The van der Waals surface area contributed by atoms with Crippen LogP contribution in [0.4, 0.5) is 5.69 Å². The molecular formula is C14H13NO3S. The van der Waals surface area contributed by atoms with E-state index in [0.717, 1.165) is 11.1 Å². The smallest absolute Gasteiger partial charge is 0.269 e. The Morgan fingerprint density at radius 2 is 1.68 bits per heavy atom. The van der Waals surface area contributed by atoms with Gasteiger partial charge in [-0.05, 0) is 29.7 Å². The van der Waals surface area contributed by atoms with Gasteiger partial charge in [0.05, 0.1) is 4.92 Å². The predicted molar refractivity (Wildman–Crippen MR) is 76.6 cm³/mol. The molecule has 0 amide bonds. The molecule has 5 heteroatoms. The average Bonchev–Trinajstić information content (AvgIpc) is 2.40. The van der Waals surface area contributed by atoms with E-state index in [1.807, 2.05) is 12.1 Å². The Morgan fingerprint density at radius 3 is 2.21 bits per heavy atom. The van der Waals surface area contributed by atoms with Gasteiger partial charge in [0.15, 0.2) is 0 Å². The minimum absolute atomic E-state index is 0.0120. The number of nitrogens with zero attached hydrogens (tertiary/aromatic N) is 1. The fourth-order valence-corrected chi connectivity index (χ4v) is 2.17. The molecule has 2 rings (SSSR count). The molecule has 0 radical (unpaired) electrons. The molecule has 0 fully saturated rings. The monoisotopic (exact) mass is 275 g/mol. The molecule has 1 unspecified atom stereocenters. The lowest BCUT2D eigenvalue weighted by Gasteiger charge is -2.11. The summed E-state index contributed by atoms with van der Waals surface area (Å²) in [4.78, 5) is 10.1. The zero-order valence-corrected chi connectivity index (χ0v) is 11.0. The number of thiol groups is 1. The fraction of sp³-hybridized carbons (Fsp3) is 0.143. The third-order valence-electron chi connectivity index (χ3n) is 2.85. The maximum Gasteiger partial charge on any atom is 0.269 e. The van der Waals surface area contributed by atoms with Crippen molar-refractivity contribution in [2.24, 2.45) is 0 Å². The number of nitro groups is 1. The van der Waals surface area contributed by atoms with Crippen LogP contribution < -0.4 is 0 Å². The van der Waals surface area contributed by atoms with E-state index in [4.69, 9.17) is 0 Å². The second-order valence-corrected chi connectivity index (χ2v) is 4.86. The number of phenols is 1. The summed E-state index contributed by atoms with van der Waals surface area (Å²) in [6, 6.07) is 13.3. The number of non-ortho nitro benzene ring substituents is 1. The van der Waals surface area contributed by atoms with Crippen molar-refractivity contribution in [1.82, 2.24) is 0 Å². The van der Waals surface area contributed by atoms with Crippen molar-refractivity contribution >= 4 is 18.3 Å². The molecular weight excluding hydrogens is 262 g/mol. The summed E-state index contributed by atoms with van der Waals surface area (Å²) in [7, 11) is 0. The summed E-state index contributed by atoms with van der Waals surface area (Å²) in [5.41, 5.74) is 2.07. The van der Waals surface area contributed by atoms with Gasteiger partial charge >= 0.3 is 0 Å². The molecule has 0 spiro atoms. The summed E-state index contributed by atoms with van der Waals surface area (Å²) >= 11 is 4.52. The molecule has 0 saturated heterocycles. The predicted octanol–water partition coefficient (Wildman–Crippen LogP) is 3.51. The van der Waals surface area contributed by atoms with Crippen molar-refractivity contribution in [1.29, 1.82) is 0 Å². The number of benzene rings is 2. The van der Waals surface area contributed by atoms with Crippen molar-refractivity contribution in [3.63, 3.8) is 0 Å². The molecule has 1 N–H and O–H groups in total. The summed E-state index contributed by atoms with van der Waals surface area (Å²) in [5.74, 6) is 0.222. The summed E-state index contributed by atoms with van der Waals surface area (Å²) < 4.78 is 0. The van der Waals surface area contributed by atoms with E-state index in [9.17, 15) is 15.2 Å². The van der Waals surface area contributed by atoms with Crippen LogP contribution in [0.5, 0.6) is 5.75 Å². The van der Waals surface area contributed by atoms with Crippen LogP contribution in [0.2, 0.25) is 0 Å². The van der Waals surface area contributed by atoms with E-state index in [0.29, 0.717) is 6.42 Å². The highest BCUT2D eigenvalue weighted by molar-refractivity contribution is 7.80. The van der Waals surface area contributed by atoms with Gasteiger partial charge in [0.1, 0.15) is 5.75 Å². The molecule has 0 bridgehead atoms. The lowest BCUT2D eigenvalue weighted by molar-refractivity contribution is -0.384. The van der Waals surface area contributed by atoms with Gasteiger partial charge < -0.3 is 5.11 Å². The quantitative estimate of drug-likeness (QED) is 0.510. The topological polar surface area (TPSA) is 63.4 Å². The number of phenolic OH excluding ortho intramolecular Hbond substituents is 1. The van der Waals surface area contributed by atoms with E-state index >= 15 is 0 Å². The summed E-state index contributed by atoms with van der Waals surface area (Å²) in [6.07, 6.45) is 0.673. The van der Waals surface area contributed by atoms with Gasteiger partial charge in [-0.2, -0.15) is 12.6 Å². The molecule has 98 valence electrons. The summed E-state index contributed by atoms with van der Waals surface area (Å²) in [6.45, 7) is 0. The maximum atomic E-state index is 10.6. The molecule has 1 atom stereocenters. The van der Waals surface area contributed by atoms with Gasteiger partial charge in [-0.15, -0.1) is 0 Å². The highest BCUT2D eigenvalue weighted by Gasteiger charge is 2.09. The lowest BCUT2D eigenvalue weighted by Crippen LogP contribution is -1.96. The Labute approximate surface area is 116 Å². The second kappa shape index (κ2) is 5.75. The highest BCUT2D eigenvalue weighted by atomic mass is 32.1. The molecule has 19 heavy (non-hydrogen) atoms. The number of aromatic hydroxyl groups is 1. The summed E-state index contributed by atoms with van der Waals surface area (Å²) in [5, 5.41) is 19.8. The van der Waals surface area contributed by atoms with Crippen molar-refractivity contribution in [3.8, 4) is 5.75 Å². The number of nitro benzene ring substituents is 1. The van der Waals surface area contributed by atoms with Gasteiger partial charge in [0.2, 0.25) is 0 Å². The van der Waals surface area contributed by atoms with Crippen LogP contribution in [0.25, 0.3) is 0 Å². The van der Waals surface area contributed by atoms with Gasteiger partial charge in [0.25, 0.3) is 5.69 Å². The zero-order chi connectivity index (χ0) is 13.8. The minimum Gasteiger partial charge on any atom is -0.508 e. The average molecular weight is 275 g/mol. The molecule has 2 aromatic rings. The molecule has 0 aliphatic heterocycles. The van der Waals surface area contributed by atoms with Crippen LogP contribution in [0.15, 0.2) is 48.5 Å². The lowest BCUT2D eigenvalue weighted by atomic mass is 10.0. The number of hydrogen-bond acceptors (Lipinski definition) is 4. The zero-order valence-electron chi connectivity index (χ0n) is 10.1. The first-order valence-electron chi connectivity index (χ1n) is 5.76. The Morgan fingerprint density at radius 1 is 1.11 bits per heavy atom. The van der Waals surface area contributed by atoms with Gasteiger partial charge in [-0.1, -0.05) is 24.3 Å². The number of hydrogen-bond donors (Lipinski definition) is 2. The van der Waals surface area contributed by atoms with E-state index in [-0.39, 0.29) is 16.7 Å². The van der Waals surface area contributed by atoms with Crippen molar-refractivity contribution in [3.05, 3.63) is 69.8 Å². The molecule has 4 nitrogen and oxygen atoms in total. The van der Waals surface area contributed by atoms with Gasteiger partial charge in [-0.25, -0.2) is 0 Å².